The molecule has 0 unspecified atom stereocenters. The number of hydrogen-bond donors (Lipinski definition) is 2. The average Bonchev–Trinajstić information content (AvgIpc) is 3.68. The van der Waals surface area contributed by atoms with Crippen molar-refractivity contribution in [2.24, 2.45) is 0 Å². The summed E-state index contributed by atoms with van der Waals surface area (Å²) in [4.78, 5) is 64.1. The molecule has 4 heterocycles. The number of nitrogens with one attached hydrogen (secondary N) is 2. The maximum absolute atomic E-state index is 12.7. The lowest BCUT2D eigenvalue weighted by atomic mass is 9.94. The molecule has 12 nitrogen and oxygen atoms in total. The number of fused-ring (bicyclic) bond motifs is 2. The Hall–Kier alpha value is -4.82. The summed E-state index contributed by atoms with van der Waals surface area (Å²) < 4.78 is 10.2. The molecule has 226 valence electrons. The van der Waals surface area contributed by atoms with Crippen LogP contribution in [0.5, 0.6) is 0 Å². The summed E-state index contributed by atoms with van der Waals surface area (Å²) in [6, 6.07) is 10.7. The number of nitrogens with zero attached hydrogens (tertiary/aromatic N) is 4. The van der Waals surface area contributed by atoms with E-state index in [0.29, 0.717) is 50.4 Å². The van der Waals surface area contributed by atoms with E-state index in [9.17, 15) is 19.2 Å². The lowest BCUT2D eigenvalue weighted by Gasteiger charge is -2.25. The smallest absolute Gasteiger partial charge is 0.359 e. The van der Waals surface area contributed by atoms with Gasteiger partial charge in [0.15, 0.2) is 0 Å². The van der Waals surface area contributed by atoms with Gasteiger partial charge < -0.3 is 19.3 Å². The van der Waals surface area contributed by atoms with Gasteiger partial charge in [-0.1, -0.05) is 24.3 Å². The van der Waals surface area contributed by atoms with Gasteiger partial charge in [-0.05, 0) is 48.2 Å². The van der Waals surface area contributed by atoms with E-state index in [1.54, 1.807) is 35.3 Å². The molecule has 0 radical (unpaired) electrons. The van der Waals surface area contributed by atoms with E-state index in [0.717, 1.165) is 43.4 Å². The van der Waals surface area contributed by atoms with Crippen molar-refractivity contribution in [1.82, 2.24) is 19.8 Å². The van der Waals surface area contributed by atoms with Gasteiger partial charge in [0, 0.05) is 47.1 Å². The minimum Gasteiger partial charge on any atom is -0.359 e. The van der Waals surface area contributed by atoms with Gasteiger partial charge in [0.25, 0.3) is 0 Å². The summed E-state index contributed by atoms with van der Waals surface area (Å²) in [5.74, 6) is 0. The van der Waals surface area contributed by atoms with Crippen LogP contribution >= 0.6 is 22.7 Å². The molecule has 2 N–H and O–H groups in total. The zero-order valence-corrected chi connectivity index (χ0v) is 25.5. The summed E-state index contributed by atoms with van der Waals surface area (Å²) in [7, 11) is 0. The number of ether oxygens (including phenoxy) is 2. The molecule has 14 heteroatoms. The van der Waals surface area contributed by atoms with Crippen molar-refractivity contribution in [3.63, 3.8) is 0 Å². The molecule has 0 saturated carbocycles. The van der Waals surface area contributed by atoms with Crippen molar-refractivity contribution >= 4 is 58.4 Å². The highest BCUT2D eigenvalue weighted by molar-refractivity contribution is 7.10. The molecule has 2 aromatic carbocycles. The van der Waals surface area contributed by atoms with Crippen LogP contribution < -0.4 is 10.6 Å². The van der Waals surface area contributed by atoms with E-state index in [1.165, 1.54) is 32.5 Å². The monoisotopic (exact) mass is 632 g/mol. The molecule has 2 aliphatic heterocycles. The Labute approximate surface area is 260 Å². The Morgan fingerprint density at radius 2 is 1.14 bits per heavy atom. The van der Waals surface area contributed by atoms with Crippen molar-refractivity contribution < 1.29 is 28.7 Å². The SMILES string of the molecule is Cc1c(NC(=O)OC(=O)N2CCc3ncsc3C2)cccc1-c1cccc(NC(=O)OC(=O)N2CCc3ncsc3C2)c1C. The molecule has 0 fully saturated rings. The summed E-state index contributed by atoms with van der Waals surface area (Å²) in [6.45, 7) is 5.24. The van der Waals surface area contributed by atoms with Crippen molar-refractivity contribution in [2.45, 2.75) is 39.8 Å². The molecule has 6 rings (SSSR count). The number of thiazole rings is 2. The standard InChI is InChI=1S/C30H28N6O6S2/c1-17-19(5-3-7-21(17)33-27(37)41-29(39)35-11-9-23-25(13-35)43-15-31-23)20-6-4-8-22(18(20)2)34-28(38)42-30(40)36-12-10-24-26(14-36)44-16-32-24/h3-8,15-16H,9-14H2,1-2H3,(H,33,37)(H,34,38). The van der Waals surface area contributed by atoms with Crippen LogP contribution in [0.2, 0.25) is 0 Å². The predicted octanol–water partition coefficient (Wildman–Crippen LogP) is 6.34. The Bertz CT molecular complexity index is 1640. The van der Waals surface area contributed by atoms with Crippen molar-refractivity contribution in [3.8, 4) is 11.1 Å². The first-order valence-electron chi connectivity index (χ1n) is 13.8. The van der Waals surface area contributed by atoms with Crippen LogP contribution in [-0.2, 0) is 35.4 Å². The Balaban J connectivity index is 1.09. The van der Waals surface area contributed by atoms with E-state index in [-0.39, 0.29) is 0 Å². The van der Waals surface area contributed by atoms with Gasteiger partial charge >= 0.3 is 24.4 Å². The van der Waals surface area contributed by atoms with Crippen LogP contribution in [0, 0.1) is 13.8 Å². The molecule has 44 heavy (non-hydrogen) atoms. The highest BCUT2D eigenvalue weighted by atomic mass is 32.1. The third-order valence-electron chi connectivity index (χ3n) is 7.66. The second kappa shape index (κ2) is 12.4. The predicted molar refractivity (Wildman–Crippen MR) is 165 cm³/mol. The van der Waals surface area contributed by atoms with E-state index in [2.05, 4.69) is 20.6 Å². The molecular formula is C30H28N6O6S2. The van der Waals surface area contributed by atoms with Crippen molar-refractivity contribution in [2.75, 3.05) is 23.7 Å². The van der Waals surface area contributed by atoms with Crippen LogP contribution in [0.1, 0.15) is 32.3 Å². The van der Waals surface area contributed by atoms with Gasteiger partial charge in [0.05, 0.1) is 35.5 Å². The van der Waals surface area contributed by atoms with Gasteiger partial charge in [-0.15, -0.1) is 22.7 Å². The fraction of sp³-hybridized carbons (Fsp3) is 0.267. The number of carbonyl (C=O) groups is 4. The minimum atomic E-state index is -0.884. The largest absolute Gasteiger partial charge is 0.420 e. The molecule has 2 aliphatic rings. The van der Waals surface area contributed by atoms with E-state index in [1.807, 2.05) is 26.0 Å². The molecule has 0 atom stereocenters. The molecule has 0 aliphatic carbocycles. The van der Waals surface area contributed by atoms with Crippen LogP contribution in [0.4, 0.5) is 30.6 Å². The second-order valence-electron chi connectivity index (χ2n) is 10.3. The summed E-state index contributed by atoms with van der Waals surface area (Å²) in [6.07, 6.45) is -1.97. The zero-order valence-electron chi connectivity index (χ0n) is 23.9. The summed E-state index contributed by atoms with van der Waals surface area (Å²) in [5, 5.41) is 5.35. The number of amides is 4. The second-order valence-corrected chi connectivity index (χ2v) is 12.2. The van der Waals surface area contributed by atoms with E-state index >= 15 is 0 Å². The number of hydrogen-bond acceptors (Lipinski definition) is 10. The maximum atomic E-state index is 12.7. The van der Waals surface area contributed by atoms with Gasteiger partial charge in [-0.2, -0.15) is 0 Å². The van der Waals surface area contributed by atoms with Crippen LogP contribution in [0.25, 0.3) is 11.1 Å². The third kappa shape index (κ3) is 6.12. The van der Waals surface area contributed by atoms with Crippen molar-refractivity contribution in [3.05, 3.63) is 79.7 Å². The first kappa shape index (κ1) is 29.3. The maximum Gasteiger partial charge on any atom is 0.420 e. The van der Waals surface area contributed by atoms with Gasteiger partial charge in [0.2, 0.25) is 0 Å². The number of benzene rings is 2. The molecule has 4 aromatic rings. The number of aromatic nitrogens is 2. The molecule has 0 saturated heterocycles. The van der Waals surface area contributed by atoms with Crippen LogP contribution in [-0.4, -0.2) is 57.2 Å². The molecule has 4 amide bonds. The third-order valence-corrected chi connectivity index (χ3v) is 9.38. The van der Waals surface area contributed by atoms with Gasteiger partial charge in [-0.3, -0.25) is 10.6 Å². The lowest BCUT2D eigenvalue weighted by Crippen LogP contribution is -2.37. The number of carbonyl (C=O) groups excluding carboxylic acids is 4. The van der Waals surface area contributed by atoms with Crippen LogP contribution in [0.15, 0.2) is 47.4 Å². The fourth-order valence-electron chi connectivity index (χ4n) is 5.23. The quantitative estimate of drug-likeness (QED) is 0.249. The zero-order chi connectivity index (χ0) is 30.8. The minimum absolute atomic E-state index is 0.359. The van der Waals surface area contributed by atoms with Gasteiger partial charge in [-0.25, -0.2) is 29.1 Å². The first-order chi connectivity index (χ1) is 21.3. The normalized spacial score (nSPS) is 13.9. The highest BCUT2D eigenvalue weighted by Crippen LogP contribution is 2.34. The number of anilines is 2. The van der Waals surface area contributed by atoms with E-state index < -0.39 is 24.4 Å². The van der Waals surface area contributed by atoms with E-state index in [4.69, 9.17) is 9.47 Å². The first-order valence-corrected chi connectivity index (χ1v) is 15.6. The molecular weight excluding hydrogens is 605 g/mol. The Morgan fingerprint density at radius 1 is 0.705 bits per heavy atom. The van der Waals surface area contributed by atoms with Crippen LogP contribution in [0.3, 0.4) is 0 Å². The topological polar surface area (TPSA) is 143 Å². The lowest BCUT2D eigenvalue weighted by molar-refractivity contribution is 0.119. The molecule has 2 aromatic heterocycles. The van der Waals surface area contributed by atoms with Crippen molar-refractivity contribution in [1.29, 1.82) is 0 Å². The Kier molecular flexibility index (Phi) is 8.26. The molecule has 0 spiro atoms. The summed E-state index contributed by atoms with van der Waals surface area (Å²) >= 11 is 2.94. The number of rotatable bonds is 3. The highest BCUT2D eigenvalue weighted by Gasteiger charge is 2.27. The molecule has 0 bridgehead atoms. The van der Waals surface area contributed by atoms with Gasteiger partial charge in [0.1, 0.15) is 0 Å². The fourth-order valence-corrected chi connectivity index (χ4v) is 6.89. The summed E-state index contributed by atoms with van der Waals surface area (Å²) in [5.41, 5.74) is 9.43. The average molecular weight is 633 g/mol. The Morgan fingerprint density at radius 3 is 1.57 bits per heavy atom.